The van der Waals surface area contributed by atoms with Gasteiger partial charge in [-0.3, -0.25) is 4.98 Å². The number of aromatic carboxylic acids is 1. The van der Waals surface area contributed by atoms with Gasteiger partial charge in [-0.15, -0.1) is 0 Å². The Morgan fingerprint density at radius 3 is 2.83 bits per heavy atom. The Morgan fingerprint density at radius 2 is 2.28 bits per heavy atom. The molecule has 0 saturated carbocycles. The molecule has 0 aliphatic heterocycles. The number of carboxylic acid groups (broad SMARTS) is 1. The maximum absolute atomic E-state index is 13.0. The van der Waals surface area contributed by atoms with E-state index in [-0.39, 0.29) is 5.69 Å². The van der Waals surface area contributed by atoms with E-state index in [0.717, 1.165) is 6.07 Å². The van der Waals surface area contributed by atoms with Gasteiger partial charge in [-0.1, -0.05) is 5.11 Å². The lowest BCUT2D eigenvalue weighted by molar-refractivity contribution is 0.0216. The van der Waals surface area contributed by atoms with Crippen molar-refractivity contribution < 1.29 is 24.5 Å². The zero-order chi connectivity index (χ0) is 13.7. The van der Waals surface area contributed by atoms with Crippen molar-refractivity contribution in [2.75, 3.05) is 6.54 Å². The van der Waals surface area contributed by atoms with Gasteiger partial charge in [-0.2, -0.15) is 0 Å². The Morgan fingerprint density at radius 1 is 1.61 bits per heavy atom. The molecular weight excluding hydrogens is 247 g/mol. The minimum Gasteiger partial charge on any atom is -0.478 e. The number of nitrogens with zero attached hydrogens (tertiary/aromatic N) is 4. The largest absolute Gasteiger partial charge is 0.478 e. The molecule has 2 unspecified atom stereocenters. The summed E-state index contributed by atoms with van der Waals surface area (Å²) < 4.78 is 13.0. The van der Waals surface area contributed by atoms with Crippen LogP contribution in [0.3, 0.4) is 0 Å². The number of carbonyl (C=O) groups is 1. The van der Waals surface area contributed by atoms with Crippen molar-refractivity contribution in [2.24, 2.45) is 5.11 Å². The van der Waals surface area contributed by atoms with E-state index in [1.54, 1.807) is 0 Å². The first-order valence-electron chi connectivity index (χ1n) is 4.73. The summed E-state index contributed by atoms with van der Waals surface area (Å²) in [6.07, 6.45) is -2.41. The van der Waals surface area contributed by atoms with Crippen LogP contribution in [0.4, 0.5) is 4.39 Å². The van der Waals surface area contributed by atoms with Gasteiger partial charge in [0.1, 0.15) is 6.10 Å². The van der Waals surface area contributed by atoms with Gasteiger partial charge in [0.15, 0.2) is 5.82 Å². The van der Waals surface area contributed by atoms with Crippen LogP contribution in [0.1, 0.15) is 22.2 Å². The Balaban J connectivity index is 2.99. The summed E-state index contributed by atoms with van der Waals surface area (Å²) >= 11 is 0. The molecule has 1 aromatic rings. The van der Waals surface area contributed by atoms with Crippen molar-refractivity contribution in [2.45, 2.75) is 12.2 Å². The molecule has 2 atom stereocenters. The first-order chi connectivity index (χ1) is 8.47. The smallest absolute Gasteiger partial charge is 0.338 e. The van der Waals surface area contributed by atoms with Crippen molar-refractivity contribution in [1.82, 2.24) is 4.98 Å². The summed E-state index contributed by atoms with van der Waals surface area (Å²) in [6.45, 7) is -0.418. The van der Waals surface area contributed by atoms with E-state index in [0.29, 0.717) is 6.20 Å². The zero-order valence-electron chi connectivity index (χ0n) is 8.93. The van der Waals surface area contributed by atoms with Gasteiger partial charge in [0.25, 0.3) is 0 Å². The van der Waals surface area contributed by atoms with E-state index in [1.165, 1.54) is 0 Å². The number of carboxylic acids is 1. The normalized spacial score (nSPS) is 13.5. The van der Waals surface area contributed by atoms with Crippen LogP contribution in [0, 0.1) is 5.82 Å². The molecule has 96 valence electrons. The van der Waals surface area contributed by atoms with E-state index >= 15 is 0 Å². The molecule has 1 aromatic heterocycles. The summed E-state index contributed by atoms with van der Waals surface area (Å²) in [4.78, 5) is 16.5. The summed E-state index contributed by atoms with van der Waals surface area (Å²) in [5, 5.41) is 30.7. The summed E-state index contributed by atoms with van der Waals surface area (Å²) in [7, 11) is 0. The molecular formula is C9H9FN4O4. The maximum Gasteiger partial charge on any atom is 0.338 e. The van der Waals surface area contributed by atoms with Crippen LogP contribution in [-0.2, 0) is 0 Å². The van der Waals surface area contributed by atoms with Crippen molar-refractivity contribution in [1.29, 1.82) is 0 Å². The summed E-state index contributed by atoms with van der Waals surface area (Å²) in [5.41, 5.74) is 7.14. The number of halogens is 1. The minimum atomic E-state index is -1.57. The molecule has 3 N–H and O–H groups in total. The molecule has 18 heavy (non-hydrogen) atoms. The van der Waals surface area contributed by atoms with Crippen LogP contribution < -0.4 is 0 Å². The quantitative estimate of drug-likeness (QED) is 0.402. The molecule has 1 rings (SSSR count). The number of aliphatic hydroxyl groups is 2. The lowest BCUT2D eigenvalue weighted by Gasteiger charge is -2.15. The minimum absolute atomic E-state index is 0.227. The molecule has 0 aliphatic rings. The highest BCUT2D eigenvalue weighted by atomic mass is 19.1. The van der Waals surface area contributed by atoms with Gasteiger partial charge in [-0.05, 0) is 11.6 Å². The van der Waals surface area contributed by atoms with Crippen LogP contribution >= 0.6 is 0 Å². The standard InChI is InChI=1S/C9H9FN4O4/c10-5-2-12-6(1-4(5)9(17)18)8(16)7(15)3-13-14-11/h1-2,7-8,15-16H,3H2,(H,17,18). The zero-order valence-corrected chi connectivity index (χ0v) is 8.93. The maximum atomic E-state index is 13.0. The molecule has 1 heterocycles. The second-order valence-corrected chi connectivity index (χ2v) is 3.32. The first kappa shape index (κ1) is 13.8. The van der Waals surface area contributed by atoms with E-state index in [2.05, 4.69) is 15.0 Å². The van der Waals surface area contributed by atoms with Gasteiger partial charge in [0.05, 0.1) is 30.1 Å². The molecule has 0 fully saturated rings. The van der Waals surface area contributed by atoms with Crippen LogP contribution in [0.25, 0.3) is 10.4 Å². The number of aliphatic hydroxyl groups excluding tert-OH is 2. The third-order valence-corrected chi connectivity index (χ3v) is 2.11. The highest BCUT2D eigenvalue weighted by Crippen LogP contribution is 2.18. The Labute approximate surface area is 100.0 Å². The molecule has 0 saturated heterocycles. The second kappa shape index (κ2) is 5.92. The third-order valence-electron chi connectivity index (χ3n) is 2.11. The van der Waals surface area contributed by atoms with Gasteiger partial charge in [0, 0.05) is 4.91 Å². The number of rotatable bonds is 5. The van der Waals surface area contributed by atoms with Crippen LogP contribution in [0.2, 0.25) is 0 Å². The molecule has 0 spiro atoms. The molecule has 0 aliphatic carbocycles. The predicted octanol–water partition coefficient (Wildman–Crippen LogP) is 0.624. The highest BCUT2D eigenvalue weighted by molar-refractivity contribution is 5.87. The first-order valence-corrected chi connectivity index (χ1v) is 4.73. The van der Waals surface area contributed by atoms with Crippen molar-refractivity contribution in [3.8, 4) is 0 Å². The molecule has 8 nitrogen and oxygen atoms in total. The molecule has 0 aromatic carbocycles. The SMILES string of the molecule is [N-]=[N+]=NCC(O)C(O)c1cc(C(=O)O)c(F)cn1. The fourth-order valence-corrected chi connectivity index (χ4v) is 1.20. The second-order valence-electron chi connectivity index (χ2n) is 3.32. The van der Waals surface area contributed by atoms with Crippen LogP contribution in [-0.4, -0.2) is 38.9 Å². The van der Waals surface area contributed by atoms with Crippen LogP contribution in [0.15, 0.2) is 17.4 Å². The highest BCUT2D eigenvalue weighted by Gasteiger charge is 2.21. The predicted molar refractivity (Wildman–Crippen MR) is 56.1 cm³/mol. The van der Waals surface area contributed by atoms with Crippen molar-refractivity contribution in [3.63, 3.8) is 0 Å². The topological polar surface area (TPSA) is 139 Å². The fourth-order valence-electron chi connectivity index (χ4n) is 1.20. The molecule has 0 bridgehead atoms. The number of hydrogen-bond donors (Lipinski definition) is 3. The van der Waals surface area contributed by atoms with Gasteiger partial charge in [0.2, 0.25) is 0 Å². The van der Waals surface area contributed by atoms with E-state index in [9.17, 15) is 19.4 Å². The fraction of sp³-hybridized carbons (Fsp3) is 0.333. The number of hydrogen-bond acceptors (Lipinski definition) is 5. The lowest BCUT2D eigenvalue weighted by atomic mass is 10.1. The van der Waals surface area contributed by atoms with E-state index < -0.39 is 36.1 Å². The summed E-state index contributed by atoms with van der Waals surface area (Å²) in [6, 6.07) is 0.807. The average molecular weight is 256 g/mol. The van der Waals surface area contributed by atoms with E-state index in [1.807, 2.05) is 0 Å². The molecule has 9 heteroatoms. The Hall–Kier alpha value is -2.22. The Kier molecular flexibility index (Phi) is 4.55. The van der Waals surface area contributed by atoms with Crippen molar-refractivity contribution in [3.05, 3.63) is 39.8 Å². The molecule has 0 amide bonds. The average Bonchev–Trinajstić information content (AvgIpc) is 2.35. The number of azide groups is 1. The summed E-state index contributed by atoms with van der Waals surface area (Å²) in [5.74, 6) is -2.57. The van der Waals surface area contributed by atoms with Gasteiger partial charge < -0.3 is 15.3 Å². The number of aromatic nitrogens is 1. The lowest BCUT2D eigenvalue weighted by Crippen LogP contribution is -2.22. The monoisotopic (exact) mass is 256 g/mol. The Bertz CT molecular complexity index is 503. The third kappa shape index (κ3) is 3.14. The number of pyridine rings is 1. The van der Waals surface area contributed by atoms with Crippen molar-refractivity contribution >= 4 is 5.97 Å². The van der Waals surface area contributed by atoms with E-state index in [4.69, 9.17) is 10.6 Å². The van der Waals surface area contributed by atoms with Crippen LogP contribution in [0.5, 0.6) is 0 Å². The molecule has 0 radical (unpaired) electrons. The van der Waals surface area contributed by atoms with Gasteiger partial charge in [-0.25, -0.2) is 9.18 Å². The van der Waals surface area contributed by atoms with Gasteiger partial charge >= 0.3 is 5.97 Å².